The van der Waals surface area contributed by atoms with Crippen LogP contribution >= 0.6 is 11.6 Å². The molecule has 2 rings (SSSR count). The van der Waals surface area contributed by atoms with E-state index in [9.17, 15) is 4.79 Å². The number of esters is 1. The van der Waals surface area contributed by atoms with Gasteiger partial charge in [-0.25, -0.2) is 9.78 Å². The average Bonchev–Trinajstić information content (AvgIpc) is 2.46. The van der Waals surface area contributed by atoms with Gasteiger partial charge in [0.2, 0.25) is 5.88 Å². The van der Waals surface area contributed by atoms with Gasteiger partial charge in [-0.2, -0.15) is 0 Å². The zero-order valence-corrected chi connectivity index (χ0v) is 11.1. The van der Waals surface area contributed by atoms with Crippen LogP contribution in [0.2, 0.25) is 5.02 Å². The molecule has 0 fully saturated rings. The normalized spacial score (nSPS) is 10.0. The smallest absolute Gasteiger partial charge is 0.356 e. The Kier molecular flexibility index (Phi) is 4.36. The highest BCUT2D eigenvalue weighted by molar-refractivity contribution is 6.30. The van der Waals surface area contributed by atoms with Crippen molar-refractivity contribution in [2.24, 2.45) is 0 Å². The summed E-state index contributed by atoms with van der Waals surface area (Å²) in [5.41, 5.74) is 1.19. The molecule has 98 valence electrons. The molecule has 5 heteroatoms. The van der Waals surface area contributed by atoms with Gasteiger partial charge in [-0.1, -0.05) is 29.8 Å². The molecule has 0 N–H and O–H groups in total. The molecule has 1 heterocycles. The Labute approximate surface area is 115 Å². The lowest BCUT2D eigenvalue weighted by Gasteiger charge is -2.06. The van der Waals surface area contributed by atoms with Crippen LogP contribution in [-0.4, -0.2) is 18.1 Å². The van der Waals surface area contributed by atoms with E-state index < -0.39 is 5.97 Å². The highest BCUT2D eigenvalue weighted by Crippen LogP contribution is 2.13. The van der Waals surface area contributed by atoms with Gasteiger partial charge < -0.3 is 9.47 Å². The first-order chi connectivity index (χ1) is 9.19. The van der Waals surface area contributed by atoms with Crippen LogP contribution < -0.4 is 4.74 Å². The lowest BCUT2D eigenvalue weighted by molar-refractivity contribution is 0.0592. The number of ether oxygens (including phenoxy) is 2. The number of methoxy groups -OCH3 is 1. The summed E-state index contributed by atoms with van der Waals surface area (Å²) in [6, 6.07) is 12.3. The lowest BCUT2D eigenvalue weighted by atomic mass is 10.2. The van der Waals surface area contributed by atoms with Gasteiger partial charge in [-0.3, -0.25) is 0 Å². The third-order valence-corrected chi connectivity index (χ3v) is 2.67. The van der Waals surface area contributed by atoms with Gasteiger partial charge in [0.25, 0.3) is 0 Å². The second kappa shape index (κ2) is 6.20. The topological polar surface area (TPSA) is 48.4 Å². The molecule has 2 aromatic rings. The third-order valence-electron chi connectivity index (χ3n) is 2.42. The fraction of sp³-hybridized carbons (Fsp3) is 0.143. The van der Waals surface area contributed by atoms with E-state index in [0.717, 1.165) is 5.56 Å². The Bertz CT molecular complexity index is 569. The van der Waals surface area contributed by atoms with E-state index in [1.54, 1.807) is 30.3 Å². The molecule has 0 saturated carbocycles. The van der Waals surface area contributed by atoms with E-state index in [-0.39, 0.29) is 5.69 Å². The van der Waals surface area contributed by atoms with Crippen LogP contribution in [0, 0.1) is 0 Å². The van der Waals surface area contributed by atoms with E-state index in [4.69, 9.17) is 16.3 Å². The number of carbonyl (C=O) groups excluding carboxylic acids is 1. The summed E-state index contributed by atoms with van der Waals surface area (Å²) in [5.74, 6) is -0.116. The Morgan fingerprint density at radius 1 is 1.21 bits per heavy atom. The van der Waals surface area contributed by atoms with E-state index >= 15 is 0 Å². The maximum absolute atomic E-state index is 11.3. The van der Waals surface area contributed by atoms with Gasteiger partial charge >= 0.3 is 5.97 Å². The number of benzene rings is 1. The summed E-state index contributed by atoms with van der Waals surface area (Å²) >= 11 is 5.80. The number of aromatic nitrogens is 1. The SMILES string of the molecule is COC(=O)c1cccc(OCc2ccc(Cl)cc2)n1. The van der Waals surface area contributed by atoms with Crippen molar-refractivity contribution in [3.05, 3.63) is 58.7 Å². The van der Waals surface area contributed by atoms with Crippen molar-refractivity contribution >= 4 is 17.6 Å². The molecule has 1 aromatic heterocycles. The highest BCUT2D eigenvalue weighted by Gasteiger charge is 2.08. The zero-order chi connectivity index (χ0) is 13.7. The van der Waals surface area contributed by atoms with Gasteiger partial charge in [0.1, 0.15) is 6.61 Å². The Morgan fingerprint density at radius 3 is 2.63 bits per heavy atom. The summed E-state index contributed by atoms with van der Waals surface area (Å²) in [4.78, 5) is 15.4. The molecule has 1 aromatic carbocycles. The molecule has 0 aliphatic rings. The largest absolute Gasteiger partial charge is 0.473 e. The van der Waals surface area contributed by atoms with Crippen molar-refractivity contribution in [2.75, 3.05) is 7.11 Å². The quantitative estimate of drug-likeness (QED) is 0.806. The van der Waals surface area contributed by atoms with Gasteiger partial charge in [0, 0.05) is 11.1 Å². The fourth-order valence-electron chi connectivity index (χ4n) is 1.45. The first-order valence-corrected chi connectivity index (χ1v) is 5.99. The van der Waals surface area contributed by atoms with E-state index in [0.29, 0.717) is 17.5 Å². The van der Waals surface area contributed by atoms with E-state index in [1.165, 1.54) is 7.11 Å². The lowest BCUT2D eigenvalue weighted by Crippen LogP contribution is -2.05. The maximum Gasteiger partial charge on any atom is 0.356 e. The van der Waals surface area contributed by atoms with Crippen LogP contribution in [0.4, 0.5) is 0 Å². The Morgan fingerprint density at radius 2 is 1.95 bits per heavy atom. The van der Waals surface area contributed by atoms with Gasteiger partial charge in [-0.15, -0.1) is 0 Å². The van der Waals surface area contributed by atoms with Gasteiger partial charge in [-0.05, 0) is 23.8 Å². The van der Waals surface area contributed by atoms with E-state index in [1.807, 2.05) is 12.1 Å². The van der Waals surface area contributed by atoms with Crippen LogP contribution in [0.1, 0.15) is 16.1 Å². The van der Waals surface area contributed by atoms with Crippen LogP contribution in [0.5, 0.6) is 5.88 Å². The molecule has 0 amide bonds. The average molecular weight is 278 g/mol. The second-order valence-corrected chi connectivity index (χ2v) is 4.20. The monoisotopic (exact) mass is 277 g/mol. The number of pyridine rings is 1. The van der Waals surface area contributed by atoms with E-state index in [2.05, 4.69) is 9.72 Å². The molecular weight excluding hydrogens is 266 g/mol. The first-order valence-electron chi connectivity index (χ1n) is 5.61. The highest BCUT2D eigenvalue weighted by atomic mass is 35.5. The number of nitrogens with zero attached hydrogens (tertiary/aromatic N) is 1. The van der Waals surface area contributed by atoms with Crippen molar-refractivity contribution in [2.45, 2.75) is 6.61 Å². The van der Waals surface area contributed by atoms with Crippen LogP contribution in [0.15, 0.2) is 42.5 Å². The van der Waals surface area contributed by atoms with Crippen LogP contribution in [0.25, 0.3) is 0 Å². The number of rotatable bonds is 4. The third kappa shape index (κ3) is 3.69. The van der Waals surface area contributed by atoms with Gasteiger partial charge in [0.15, 0.2) is 5.69 Å². The number of halogens is 1. The molecule has 19 heavy (non-hydrogen) atoms. The first kappa shape index (κ1) is 13.4. The molecular formula is C14H12ClNO3. The van der Waals surface area contributed by atoms with Gasteiger partial charge in [0.05, 0.1) is 7.11 Å². The van der Waals surface area contributed by atoms with Crippen molar-refractivity contribution in [3.63, 3.8) is 0 Å². The van der Waals surface area contributed by atoms with Crippen LogP contribution in [-0.2, 0) is 11.3 Å². The predicted molar refractivity (Wildman–Crippen MR) is 71.4 cm³/mol. The zero-order valence-electron chi connectivity index (χ0n) is 10.3. The predicted octanol–water partition coefficient (Wildman–Crippen LogP) is 3.10. The van der Waals surface area contributed by atoms with Crippen molar-refractivity contribution in [3.8, 4) is 5.88 Å². The molecule has 0 atom stereocenters. The molecule has 0 bridgehead atoms. The summed E-state index contributed by atoms with van der Waals surface area (Å²) in [6.07, 6.45) is 0. The Balaban J connectivity index is 2.03. The summed E-state index contributed by atoms with van der Waals surface area (Å²) < 4.78 is 10.1. The number of carbonyl (C=O) groups is 1. The minimum Gasteiger partial charge on any atom is -0.473 e. The summed E-state index contributed by atoms with van der Waals surface area (Å²) in [5, 5.41) is 0.676. The molecule has 0 radical (unpaired) electrons. The second-order valence-electron chi connectivity index (χ2n) is 3.77. The minimum absolute atomic E-state index is 0.219. The maximum atomic E-state index is 11.3. The summed E-state index contributed by atoms with van der Waals surface area (Å²) in [6.45, 7) is 0.356. The molecule has 0 aliphatic carbocycles. The van der Waals surface area contributed by atoms with Crippen molar-refractivity contribution < 1.29 is 14.3 Å². The van der Waals surface area contributed by atoms with Crippen LogP contribution in [0.3, 0.4) is 0 Å². The van der Waals surface area contributed by atoms with Crippen molar-refractivity contribution in [1.82, 2.24) is 4.98 Å². The molecule has 4 nitrogen and oxygen atoms in total. The molecule has 0 spiro atoms. The summed E-state index contributed by atoms with van der Waals surface area (Å²) in [7, 11) is 1.31. The fourth-order valence-corrected chi connectivity index (χ4v) is 1.58. The molecule has 0 unspecified atom stereocenters. The standard InChI is InChI=1S/C14H12ClNO3/c1-18-14(17)12-3-2-4-13(16-12)19-9-10-5-7-11(15)8-6-10/h2-8H,9H2,1H3. The number of hydrogen-bond acceptors (Lipinski definition) is 4. The Hall–Kier alpha value is -2.07. The number of hydrogen-bond donors (Lipinski definition) is 0. The minimum atomic E-state index is -0.489. The molecule has 0 aliphatic heterocycles. The van der Waals surface area contributed by atoms with Crippen molar-refractivity contribution in [1.29, 1.82) is 0 Å². The molecule has 0 saturated heterocycles.